The minimum absolute atomic E-state index is 0.0968. The van der Waals surface area contributed by atoms with Crippen LogP contribution in [-0.4, -0.2) is 24.1 Å². The highest BCUT2D eigenvalue weighted by Crippen LogP contribution is 2.16. The number of carbonyl (C=O) groups excluding carboxylic acids is 2. The molecule has 4 heteroatoms. The molecule has 0 aromatic carbocycles. The van der Waals surface area contributed by atoms with E-state index in [1.54, 1.807) is 0 Å². The molecule has 20 heavy (non-hydrogen) atoms. The van der Waals surface area contributed by atoms with Gasteiger partial charge in [0.15, 0.2) is 0 Å². The van der Waals surface area contributed by atoms with Gasteiger partial charge in [-0.25, -0.2) is 0 Å². The molecule has 0 saturated heterocycles. The van der Waals surface area contributed by atoms with E-state index in [0.717, 1.165) is 38.5 Å². The van der Waals surface area contributed by atoms with Crippen molar-refractivity contribution in [1.82, 2.24) is 0 Å². The van der Waals surface area contributed by atoms with E-state index in [1.807, 2.05) is 24.3 Å². The highest BCUT2D eigenvalue weighted by atomic mass is 16.5. The lowest BCUT2D eigenvalue weighted by atomic mass is 10.1. The second-order valence-corrected chi connectivity index (χ2v) is 5.27. The van der Waals surface area contributed by atoms with E-state index >= 15 is 0 Å². The van der Waals surface area contributed by atoms with Gasteiger partial charge in [0.2, 0.25) is 0 Å². The molecule has 0 saturated carbocycles. The Bertz CT molecular complexity index is 359. The normalized spacial score (nSPS) is 25.2. The Morgan fingerprint density at radius 1 is 0.850 bits per heavy atom. The van der Waals surface area contributed by atoms with Gasteiger partial charge >= 0.3 is 11.9 Å². The molecular weight excluding hydrogens is 256 g/mol. The summed E-state index contributed by atoms with van der Waals surface area (Å²) >= 11 is 0. The summed E-state index contributed by atoms with van der Waals surface area (Å²) in [6.45, 7) is 0. The Hall–Kier alpha value is -1.58. The summed E-state index contributed by atoms with van der Waals surface area (Å²) in [4.78, 5) is 23.3. The number of hydrogen-bond acceptors (Lipinski definition) is 4. The Kier molecular flexibility index (Phi) is 5.84. The van der Waals surface area contributed by atoms with Crippen LogP contribution in [0.4, 0.5) is 0 Å². The standard InChI is InChI=1S/C16H22O4/c17-15(19-13-7-3-1-4-8-13)11-12-16(18)20-14-9-5-2-6-10-14/h3,5,7,9,13-14H,1-2,4,6,8,10-12H2. The molecule has 110 valence electrons. The topological polar surface area (TPSA) is 52.6 Å². The summed E-state index contributed by atoms with van der Waals surface area (Å²) in [5, 5.41) is 0. The minimum atomic E-state index is -0.322. The zero-order valence-electron chi connectivity index (χ0n) is 11.8. The molecule has 4 nitrogen and oxygen atoms in total. The molecule has 0 fully saturated rings. The number of rotatable bonds is 5. The van der Waals surface area contributed by atoms with Crippen LogP contribution in [0.2, 0.25) is 0 Å². The first-order chi connectivity index (χ1) is 9.74. The van der Waals surface area contributed by atoms with Crippen LogP contribution in [0.25, 0.3) is 0 Å². The van der Waals surface area contributed by atoms with Crippen molar-refractivity contribution in [3.63, 3.8) is 0 Å². The monoisotopic (exact) mass is 278 g/mol. The van der Waals surface area contributed by atoms with Crippen LogP contribution in [0.3, 0.4) is 0 Å². The number of ether oxygens (including phenoxy) is 2. The van der Waals surface area contributed by atoms with Gasteiger partial charge < -0.3 is 9.47 Å². The lowest BCUT2D eigenvalue weighted by Crippen LogP contribution is -2.21. The molecule has 2 atom stereocenters. The second-order valence-electron chi connectivity index (χ2n) is 5.27. The molecule has 2 aliphatic rings. The van der Waals surface area contributed by atoms with E-state index in [0.29, 0.717) is 0 Å². The van der Waals surface area contributed by atoms with Gasteiger partial charge in [0.1, 0.15) is 12.2 Å². The molecule has 0 aromatic heterocycles. The number of hydrogen-bond donors (Lipinski definition) is 0. The summed E-state index contributed by atoms with van der Waals surface area (Å²) < 4.78 is 10.6. The van der Waals surface area contributed by atoms with Crippen LogP contribution in [0.5, 0.6) is 0 Å². The van der Waals surface area contributed by atoms with Crippen molar-refractivity contribution in [2.75, 3.05) is 0 Å². The Morgan fingerprint density at radius 2 is 1.30 bits per heavy atom. The maximum absolute atomic E-state index is 11.6. The third kappa shape index (κ3) is 5.19. The van der Waals surface area contributed by atoms with E-state index in [2.05, 4.69) is 0 Å². The first-order valence-corrected chi connectivity index (χ1v) is 7.46. The summed E-state index contributed by atoms with van der Waals surface area (Å²) in [5.74, 6) is -0.643. The largest absolute Gasteiger partial charge is 0.458 e. The van der Waals surface area contributed by atoms with Gasteiger partial charge in [0.05, 0.1) is 12.8 Å². The lowest BCUT2D eigenvalue weighted by molar-refractivity contribution is -0.154. The first kappa shape index (κ1) is 14.8. The number of carbonyl (C=O) groups is 2. The highest BCUT2D eigenvalue weighted by Gasteiger charge is 2.17. The van der Waals surface area contributed by atoms with Gasteiger partial charge in [-0.3, -0.25) is 9.59 Å². The molecule has 2 unspecified atom stereocenters. The average molecular weight is 278 g/mol. The van der Waals surface area contributed by atoms with Crippen LogP contribution < -0.4 is 0 Å². The highest BCUT2D eigenvalue weighted by molar-refractivity contribution is 5.78. The van der Waals surface area contributed by atoms with Crippen LogP contribution >= 0.6 is 0 Å². The van der Waals surface area contributed by atoms with Crippen molar-refractivity contribution < 1.29 is 19.1 Å². The molecular formula is C16H22O4. The van der Waals surface area contributed by atoms with Gasteiger partial charge in [0.25, 0.3) is 0 Å². The molecule has 2 aliphatic carbocycles. The number of allylic oxidation sites excluding steroid dienone is 2. The fourth-order valence-electron chi connectivity index (χ4n) is 2.42. The van der Waals surface area contributed by atoms with Gasteiger partial charge in [-0.1, -0.05) is 12.2 Å². The minimum Gasteiger partial charge on any atom is -0.458 e. The summed E-state index contributed by atoms with van der Waals surface area (Å²) in [6, 6.07) is 0. The predicted octanol–water partition coefficient (Wildman–Crippen LogP) is 3.07. The number of esters is 2. The Labute approximate surface area is 119 Å². The van der Waals surface area contributed by atoms with Crippen LogP contribution in [0.1, 0.15) is 51.4 Å². The van der Waals surface area contributed by atoms with Gasteiger partial charge in [-0.2, -0.15) is 0 Å². The van der Waals surface area contributed by atoms with Crippen molar-refractivity contribution in [3.8, 4) is 0 Å². The van der Waals surface area contributed by atoms with Gasteiger partial charge in [-0.15, -0.1) is 0 Å². The Morgan fingerprint density at radius 3 is 1.65 bits per heavy atom. The zero-order chi connectivity index (χ0) is 14.2. The maximum Gasteiger partial charge on any atom is 0.306 e. The van der Waals surface area contributed by atoms with Crippen LogP contribution in [0.15, 0.2) is 24.3 Å². The molecule has 0 heterocycles. The predicted molar refractivity (Wildman–Crippen MR) is 75.0 cm³/mol. The third-order valence-electron chi connectivity index (χ3n) is 3.52. The Balaban J connectivity index is 1.63. The quantitative estimate of drug-likeness (QED) is 0.573. The molecule has 2 rings (SSSR count). The fourth-order valence-corrected chi connectivity index (χ4v) is 2.42. The van der Waals surface area contributed by atoms with Crippen molar-refractivity contribution in [3.05, 3.63) is 24.3 Å². The van der Waals surface area contributed by atoms with E-state index in [1.165, 1.54) is 0 Å². The fraction of sp³-hybridized carbons (Fsp3) is 0.625. The third-order valence-corrected chi connectivity index (χ3v) is 3.52. The van der Waals surface area contributed by atoms with Crippen LogP contribution in [0, 0.1) is 0 Å². The smallest absolute Gasteiger partial charge is 0.306 e. The summed E-state index contributed by atoms with van der Waals surface area (Å²) in [7, 11) is 0. The maximum atomic E-state index is 11.6. The molecule has 0 N–H and O–H groups in total. The van der Waals surface area contributed by atoms with Gasteiger partial charge in [-0.05, 0) is 50.7 Å². The van der Waals surface area contributed by atoms with Crippen molar-refractivity contribution in [2.24, 2.45) is 0 Å². The van der Waals surface area contributed by atoms with Crippen molar-refractivity contribution in [1.29, 1.82) is 0 Å². The van der Waals surface area contributed by atoms with E-state index < -0.39 is 0 Å². The SMILES string of the molecule is O=C(CCC(=O)OC1C=CCCC1)OC1C=CCCC1. The molecule has 0 aliphatic heterocycles. The first-order valence-electron chi connectivity index (χ1n) is 7.46. The summed E-state index contributed by atoms with van der Waals surface area (Å²) in [6.07, 6.45) is 13.8. The van der Waals surface area contributed by atoms with Gasteiger partial charge in [0, 0.05) is 0 Å². The van der Waals surface area contributed by atoms with E-state index in [4.69, 9.17) is 9.47 Å². The van der Waals surface area contributed by atoms with Crippen LogP contribution in [-0.2, 0) is 19.1 Å². The van der Waals surface area contributed by atoms with E-state index in [-0.39, 0.29) is 37.0 Å². The van der Waals surface area contributed by atoms with Crippen molar-refractivity contribution >= 4 is 11.9 Å². The molecule has 0 aromatic rings. The van der Waals surface area contributed by atoms with E-state index in [9.17, 15) is 9.59 Å². The second kappa shape index (κ2) is 7.88. The summed E-state index contributed by atoms with van der Waals surface area (Å²) in [5.41, 5.74) is 0. The average Bonchev–Trinajstić information content (AvgIpc) is 2.47. The molecule has 0 spiro atoms. The molecule has 0 radical (unpaired) electrons. The van der Waals surface area contributed by atoms with Crippen molar-refractivity contribution in [2.45, 2.75) is 63.6 Å². The lowest BCUT2D eigenvalue weighted by Gasteiger charge is -2.18. The zero-order valence-corrected chi connectivity index (χ0v) is 11.8. The molecule has 0 bridgehead atoms. The molecule has 0 amide bonds.